The first-order valence-corrected chi connectivity index (χ1v) is 6.34. The highest BCUT2D eigenvalue weighted by atomic mass is 16.5. The SMILES string of the molecule is COCCNCCNCC1C2CCCC21. The maximum absolute atomic E-state index is 4.96. The van der Waals surface area contributed by atoms with Crippen molar-refractivity contribution in [3.05, 3.63) is 0 Å². The molecule has 2 fully saturated rings. The molecule has 2 N–H and O–H groups in total. The van der Waals surface area contributed by atoms with Crippen molar-refractivity contribution in [1.29, 1.82) is 0 Å². The zero-order valence-corrected chi connectivity index (χ0v) is 9.80. The molecule has 0 spiro atoms. The van der Waals surface area contributed by atoms with Crippen molar-refractivity contribution in [2.24, 2.45) is 17.8 Å². The third kappa shape index (κ3) is 3.16. The van der Waals surface area contributed by atoms with Crippen LogP contribution in [0, 0.1) is 17.8 Å². The van der Waals surface area contributed by atoms with E-state index in [1.54, 1.807) is 7.11 Å². The van der Waals surface area contributed by atoms with Crippen molar-refractivity contribution in [1.82, 2.24) is 10.6 Å². The monoisotopic (exact) mass is 212 g/mol. The second-order valence-electron chi connectivity index (χ2n) is 4.87. The van der Waals surface area contributed by atoms with Gasteiger partial charge < -0.3 is 15.4 Å². The Labute approximate surface area is 93.0 Å². The lowest BCUT2D eigenvalue weighted by Crippen LogP contribution is -2.30. The molecule has 3 heteroatoms. The molecule has 2 unspecified atom stereocenters. The summed E-state index contributed by atoms with van der Waals surface area (Å²) in [7, 11) is 1.74. The van der Waals surface area contributed by atoms with Gasteiger partial charge in [-0.25, -0.2) is 0 Å². The predicted octanol–water partition coefficient (Wildman–Crippen LogP) is 0.858. The Hall–Kier alpha value is -0.120. The van der Waals surface area contributed by atoms with Gasteiger partial charge in [0.2, 0.25) is 0 Å². The minimum absolute atomic E-state index is 0.812. The van der Waals surface area contributed by atoms with Gasteiger partial charge in [-0.3, -0.25) is 0 Å². The quantitative estimate of drug-likeness (QED) is 0.585. The van der Waals surface area contributed by atoms with Crippen LogP contribution in [0.5, 0.6) is 0 Å². The Balaban J connectivity index is 1.37. The maximum atomic E-state index is 4.96. The third-order valence-corrected chi connectivity index (χ3v) is 3.93. The number of ether oxygens (including phenoxy) is 1. The number of methoxy groups -OCH3 is 1. The predicted molar refractivity (Wildman–Crippen MR) is 61.9 cm³/mol. The van der Waals surface area contributed by atoms with Crippen LogP contribution >= 0.6 is 0 Å². The van der Waals surface area contributed by atoms with Crippen LogP contribution in [0.1, 0.15) is 19.3 Å². The summed E-state index contributed by atoms with van der Waals surface area (Å²) in [4.78, 5) is 0. The van der Waals surface area contributed by atoms with E-state index >= 15 is 0 Å². The summed E-state index contributed by atoms with van der Waals surface area (Å²) in [5.41, 5.74) is 0. The van der Waals surface area contributed by atoms with Crippen molar-refractivity contribution in [2.75, 3.05) is 39.9 Å². The first kappa shape index (κ1) is 11.4. The van der Waals surface area contributed by atoms with Gasteiger partial charge in [0.1, 0.15) is 0 Å². The third-order valence-electron chi connectivity index (χ3n) is 3.93. The Morgan fingerprint density at radius 1 is 1.07 bits per heavy atom. The molecule has 0 radical (unpaired) electrons. The lowest BCUT2D eigenvalue weighted by molar-refractivity contribution is 0.199. The number of rotatable bonds is 8. The van der Waals surface area contributed by atoms with E-state index in [1.165, 1.54) is 25.8 Å². The van der Waals surface area contributed by atoms with Gasteiger partial charge in [0.25, 0.3) is 0 Å². The van der Waals surface area contributed by atoms with Crippen molar-refractivity contribution >= 4 is 0 Å². The number of nitrogens with one attached hydrogen (secondary N) is 2. The van der Waals surface area contributed by atoms with Crippen molar-refractivity contribution in [2.45, 2.75) is 19.3 Å². The molecular weight excluding hydrogens is 188 g/mol. The highest BCUT2D eigenvalue weighted by molar-refractivity contribution is 5.01. The van der Waals surface area contributed by atoms with E-state index in [9.17, 15) is 0 Å². The summed E-state index contributed by atoms with van der Waals surface area (Å²) in [5.74, 6) is 3.22. The highest BCUT2D eigenvalue weighted by Crippen LogP contribution is 2.56. The fourth-order valence-electron chi connectivity index (χ4n) is 3.02. The largest absolute Gasteiger partial charge is 0.383 e. The zero-order chi connectivity index (χ0) is 10.5. The maximum Gasteiger partial charge on any atom is 0.0587 e. The van der Waals surface area contributed by atoms with E-state index in [1.807, 2.05) is 0 Å². The van der Waals surface area contributed by atoms with Gasteiger partial charge in [0, 0.05) is 26.7 Å². The fraction of sp³-hybridized carbons (Fsp3) is 1.00. The molecule has 0 saturated heterocycles. The van der Waals surface area contributed by atoms with Crippen LogP contribution in [0.3, 0.4) is 0 Å². The molecule has 0 bridgehead atoms. The van der Waals surface area contributed by atoms with E-state index in [-0.39, 0.29) is 0 Å². The van der Waals surface area contributed by atoms with Crippen molar-refractivity contribution < 1.29 is 4.74 Å². The van der Waals surface area contributed by atoms with Gasteiger partial charge in [-0.05, 0) is 37.1 Å². The Bertz CT molecular complexity index is 176. The molecule has 2 rings (SSSR count). The molecule has 0 aromatic carbocycles. The molecule has 0 aliphatic heterocycles. The van der Waals surface area contributed by atoms with E-state index in [4.69, 9.17) is 4.74 Å². The van der Waals surface area contributed by atoms with Crippen LogP contribution in [-0.4, -0.2) is 39.9 Å². The van der Waals surface area contributed by atoms with Gasteiger partial charge in [0.15, 0.2) is 0 Å². The summed E-state index contributed by atoms with van der Waals surface area (Å²) in [5, 5.41) is 6.89. The van der Waals surface area contributed by atoms with Gasteiger partial charge in [-0.2, -0.15) is 0 Å². The average Bonchev–Trinajstić information content (AvgIpc) is 2.72. The topological polar surface area (TPSA) is 33.3 Å². The molecule has 0 aromatic heterocycles. The van der Waals surface area contributed by atoms with Crippen LogP contribution in [0.25, 0.3) is 0 Å². The van der Waals surface area contributed by atoms with Crippen LogP contribution in [0.4, 0.5) is 0 Å². The van der Waals surface area contributed by atoms with Gasteiger partial charge >= 0.3 is 0 Å². The lowest BCUT2D eigenvalue weighted by atomic mass is 10.1. The normalized spacial score (nSPS) is 33.0. The summed E-state index contributed by atoms with van der Waals surface area (Å²) in [6.07, 6.45) is 4.50. The Morgan fingerprint density at radius 2 is 1.80 bits per heavy atom. The molecule has 2 aliphatic rings. The highest BCUT2D eigenvalue weighted by Gasteiger charge is 2.51. The zero-order valence-electron chi connectivity index (χ0n) is 9.80. The molecule has 15 heavy (non-hydrogen) atoms. The number of hydrogen-bond donors (Lipinski definition) is 2. The van der Waals surface area contributed by atoms with E-state index < -0.39 is 0 Å². The standard InChI is InChI=1S/C12H24N2O/c1-15-8-7-13-5-6-14-9-12-10-3-2-4-11(10)12/h10-14H,2-9H2,1H3. The summed E-state index contributed by atoms with van der Waals surface area (Å²) in [6, 6.07) is 0. The second kappa shape index (κ2) is 5.83. The van der Waals surface area contributed by atoms with Gasteiger partial charge in [0.05, 0.1) is 6.61 Å². The molecular formula is C12H24N2O. The second-order valence-corrected chi connectivity index (χ2v) is 4.87. The van der Waals surface area contributed by atoms with Crippen LogP contribution < -0.4 is 10.6 Å². The number of hydrogen-bond acceptors (Lipinski definition) is 3. The molecule has 88 valence electrons. The van der Waals surface area contributed by atoms with E-state index in [0.29, 0.717) is 0 Å². The molecule has 0 aromatic rings. The van der Waals surface area contributed by atoms with Crippen LogP contribution in [0.15, 0.2) is 0 Å². The Morgan fingerprint density at radius 3 is 2.53 bits per heavy atom. The fourth-order valence-corrected chi connectivity index (χ4v) is 3.02. The summed E-state index contributed by atoms with van der Waals surface area (Å²) < 4.78 is 4.96. The minimum atomic E-state index is 0.812. The van der Waals surface area contributed by atoms with E-state index in [2.05, 4.69) is 10.6 Å². The summed E-state index contributed by atoms with van der Waals surface area (Å²) >= 11 is 0. The molecule has 2 atom stereocenters. The van der Waals surface area contributed by atoms with Crippen LogP contribution in [0.2, 0.25) is 0 Å². The van der Waals surface area contributed by atoms with Crippen molar-refractivity contribution in [3.63, 3.8) is 0 Å². The average molecular weight is 212 g/mol. The molecule has 2 saturated carbocycles. The van der Waals surface area contributed by atoms with Gasteiger partial charge in [-0.15, -0.1) is 0 Å². The van der Waals surface area contributed by atoms with Gasteiger partial charge in [-0.1, -0.05) is 6.42 Å². The first-order valence-electron chi connectivity index (χ1n) is 6.34. The molecule has 0 heterocycles. The molecule has 2 aliphatic carbocycles. The lowest BCUT2D eigenvalue weighted by Gasteiger charge is -2.07. The molecule has 3 nitrogen and oxygen atoms in total. The van der Waals surface area contributed by atoms with Crippen LogP contribution in [-0.2, 0) is 4.74 Å². The van der Waals surface area contributed by atoms with Crippen molar-refractivity contribution in [3.8, 4) is 0 Å². The summed E-state index contributed by atoms with van der Waals surface area (Å²) in [6.45, 7) is 5.19. The number of fused-ring (bicyclic) bond motifs is 1. The minimum Gasteiger partial charge on any atom is -0.383 e. The first-order chi connectivity index (χ1) is 7.43. The molecule has 0 amide bonds. The van der Waals surface area contributed by atoms with E-state index in [0.717, 1.165) is 44.0 Å². The Kier molecular flexibility index (Phi) is 4.42. The smallest absolute Gasteiger partial charge is 0.0587 e.